The van der Waals surface area contributed by atoms with Crippen molar-refractivity contribution in [1.82, 2.24) is 9.55 Å². The highest BCUT2D eigenvalue weighted by atomic mass is 32.2. The average Bonchev–Trinajstić information content (AvgIpc) is 3.05. The van der Waals surface area contributed by atoms with Crippen molar-refractivity contribution in [3.05, 3.63) is 58.1 Å². The van der Waals surface area contributed by atoms with Gasteiger partial charge in [0.2, 0.25) is 0 Å². The SMILES string of the molecule is CCOC(=O)c1ccc2c(c1)nc(SCC(=O)c1cc(C)c(C)cc1C)n2CC. The highest BCUT2D eigenvalue weighted by Gasteiger charge is 2.17. The quantitative estimate of drug-likeness (QED) is 0.307. The number of aromatic nitrogens is 2. The molecule has 0 saturated heterocycles. The topological polar surface area (TPSA) is 61.2 Å². The summed E-state index contributed by atoms with van der Waals surface area (Å²) in [5, 5.41) is 0.776. The van der Waals surface area contributed by atoms with Gasteiger partial charge in [-0.15, -0.1) is 0 Å². The summed E-state index contributed by atoms with van der Waals surface area (Å²) in [6, 6.07) is 9.43. The van der Waals surface area contributed by atoms with Crippen molar-refractivity contribution in [2.75, 3.05) is 12.4 Å². The van der Waals surface area contributed by atoms with E-state index in [2.05, 4.69) is 22.5 Å². The summed E-state index contributed by atoms with van der Waals surface area (Å²) < 4.78 is 7.14. The van der Waals surface area contributed by atoms with Crippen molar-refractivity contribution in [2.24, 2.45) is 0 Å². The Morgan fingerprint density at radius 2 is 1.76 bits per heavy atom. The highest BCUT2D eigenvalue weighted by Crippen LogP contribution is 2.26. The minimum Gasteiger partial charge on any atom is -0.462 e. The Hall–Kier alpha value is -2.60. The molecular formula is C23H26N2O3S. The van der Waals surface area contributed by atoms with Crippen LogP contribution in [0.3, 0.4) is 0 Å². The molecule has 0 saturated carbocycles. The van der Waals surface area contributed by atoms with Gasteiger partial charge in [-0.3, -0.25) is 4.79 Å². The van der Waals surface area contributed by atoms with E-state index in [0.717, 1.165) is 39.4 Å². The van der Waals surface area contributed by atoms with Crippen LogP contribution in [-0.4, -0.2) is 33.7 Å². The number of hydrogen-bond acceptors (Lipinski definition) is 5. The maximum atomic E-state index is 12.8. The lowest BCUT2D eigenvalue weighted by molar-refractivity contribution is 0.0526. The number of Topliss-reactive ketones (excluding diaryl/α,β-unsaturated/α-hetero) is 1. The minimum absolute atomic E-state index is 0.0949. The molecule has 6 heteroatoms. The number of benzene rings is 2. The molecule has 152 valence electrons. The molecule has 2 aromatic carbocycles. The maximum absolute atomic E-state index is 12.8. The number of carbonyl (C=O) groups excluding carboxylic acids is 2. The largest absolute Gasteiger partial charge is 0.462 e. The van der Waals surface area contributed by atoms with Gasteiger partial charge in [0.15, 0.2) is 10.9 Å². The first-order valence-electron chi connectivity index (χ1n) is 9.77. The smallest absolute Gasteiger partial charge is 0.338 e. The monoisotopic (exact) mass is 410 g/mol. The Morgan fingerprint density at radius 1 is 1.03 bits per heavy atom. The van der Waals surface area contributed by atoms with Crippen molar-refractivity contribution >= 4 is 34.5 Å². The predicted molar refractivity (Wildman–Crippen MR) is 117 cm³/mol. The molecule has 0 spiro atoms. The zero-order valence-corrected chi connectivity index (χ0v) is 18.4. The number of carbonyl (C=O) groups is 2. The molecule has 3 aromatic rings. The summed E-state index contributed by atoms with van der Waals surface area (Å²) in [5.41, 5.74) is 6.24. The van der Waals surface area contributed by atoms with E-state index in [1.165, 1.54) is 17.3 Å². The first-order valence-corrected chi connectivity index (χ1v) is 10.8. The standard InChI is InChI=1S/C23H26N2O3S/c1-6-25-20-9-8-17(22(27)28-7-2)12-19(20)24-23(25)29-13-21(26)18-11-15(4)14(3)10-16(18)5/h8-12H,6-7,13H2,1-5H3. The molecule has 0 radical (unpaired) electrons. The Morgan fingerprint density at radius 3 is 2.45 bits per heavy atom. The number of thioether (sulfide) groups is 1. The number of esters is 1. The fraction of sp³-hybridized carbons (Fsp3) is 0.348. The molecule has 0 bridgehead atoms. The van der Waals surface area contributed by atoms with Crippen molar-refractivity contribution in [3.8, 4) is 0 Å². The van der Waals surface area contributed by atoms with Gasteiger partial charge in [0.25, 0.3) is 0 Å². The molecule has 0 aliphatic carbocycles. The first kappa shape index (κ1) is 21.1. The van der Waals surface area contributed by atoms with Gasteiger partial charge in [0.05, 0.1) is 29.0 Å². The lowest BCUT2D eigenvalue weighted by Crippen LogP contribution is -2.07. The lowest BCUT2D eigenvalue weighted by atomic mass is 9.99. The molecule has 1 aromatic heterocycles. The van der Waals surface area contributed by atoms with Gasteiger partial charge in [-0.2, -0.15) is 0 Å². The summed E-state index contributed by atoms with van der Waals surface area (Å²) in [4.78, 5) is 29.5. The van der Waals surface area contributed by atoms with Crippen molar-refractivity contribution < 1.29 is 14.3 Å². The number of nitrogens with zero attached hydrogens (tertiary/aromatic N) is 2. The zero-order chi connectivity index (χ0) is 21.1. The van der Waals surface area contributed by atoms with Crippen LogP contribution >= 0.6 is 11.8 Å². The van der Waals surface area contributed by atoms with Crippen LogP contribution in [0.4, 0.5) is 0 Å². The molecule has 0 aliphatic rings. The maximum Gasteiger partial charge on any atom is 0.338 e. The number of hydrogen-bond donors (Lipinski definition) is 0. The number of fused-ring (bicyclic) bond motifs is 1. The Bertz CT molecular complexity index is 1090. The van der Waals surface area contributed by atoms with Crippen LogP contribution in [0.5, 0.6) is 0 Å². The molecule has 1 heterocycles. The van der Waals surface area contributed by atoms with Crippen LogP contribution < -0.4 is 0 Å². The third kappa shape index (κ3) is 4.37. The molecule has 0 unspecified atom stereocenters. The van der Waals surface area contributed by atoms with Crippen molar-refractivity contribution in [1.29, 1.82) is 0 Å². The number of imidazole rings is 1. The van der Waals surface area contributed by atoms with Gasteiger partial charge in [0, 0.05) is 12.1 Å². The van der Waals surface area contributed by atoms with Gasteiger partial charge >= 0.3 is 5.97 Å². The van der Waals surface area contributed by atoms with Crippen LogP contribution in [0.2, 0.25) is 0 Å². The van der Waals surface area contributed by atoms with Crippen LogP contribution in [0, 0.1) is 20.8 Å². The average molecular weight is 411 g/mol. The molecule has 0 atom stereocenters. The Labute approximate surface area is 175 Å². The predicted octanol–water partition coefficient (Wildman–Crippen LogP) is 5.13. The van der Waals surface area contributed by atoms with Crippen LogP contribution in [0.25, 0.3) is 11.0 Å². The number of aryl methyl sites for hydroxylation is 4. The van der Waals surface area contributed by atoms with E-state index < -0.39 is 0 Å². The molecule has 0 amide bonds. The Kier molecular flexibility index (Phi) is 6.42. The zero-order valence-electron chi connectivity index (χ0n) is 17.5. The van der Waals surface area contributed by atoms with Gasteiger partial charge in [-0.1, -0.05) is 17.8 Å². The second-order valence-corrected chi connectivity index (χ2v) is 7.97. The van der Waals surface area contributed by atoms with E-state index in [1.54, 1.807) is 19.1 Å². The third-order valence-electron chi connectivity index (χ3n) is 5.01. The molecule has 0 N–H and O–H groups in total. The molecule has 3 rings (SSSR count). The number of ketones is 1. The summed E-state index contributed by atoms with van der Waals surface area (Å²) in [7, 11) is 0. The first-order chi connectivity index (χ1) is 13.8. The van der Waals surface area contributed by atoms with Gasteiger partial charge in [-0.25, -0.2) is 9.78 Å². The molecule has 0 fully saturated rings. The third-order valence-corrected chi connectivity index (χ3v) is 5.99. The highest BCUT2D eigenvalue weighted by molar-refractivity contribution is 7.99. The molecular weight excluding hydrogens is 384 g/mol. The van der Waals surface area contributed by atoms with E-state index in [1.807, 2.05) is 32.9 Å². The van der Waals surface area contributed by atoms with E-state index >= 15 is 0 Å². The number of rotatable bonds is 7. The minimum atomic E-state index is -0.352. The fourth-order valence-corrected chi connectivity index (χ4v) is 4.30. The molecule has 29 heavy (non-hydrogen) atoms. The van der Waals surface area contributed by atoms with E-state index in [4.69, 9.17) is 4.74 Å². The van der Waals surface area contributed by atoms with Gasteiger partial charge < -0.3 is 9.30 Å². The van der Waals surface area contributed by atoms with E-state index in [0.29, 0.717) is 17.9 Å². The van der Waals surface area contributed by atoms with Crippen LogP contribution in [0.1, 0.15) is 51.3 Å². The van der Waals surface area contributed by atoms with E-state index in [-0.39, 0.29) is 11.8 Å². The molecule has 0 aliphatic heterocycles. The normalized spacial score (nSPS) is 11.1. The van der Waals surface area contributed by atoms with Crippen molar-refractivity contribution in [3.63, 3.8) is 0 Å². The summed E-state index contributed by atoms with van der Waals surface area (Å²) >= 11 is 1.43. The second-order valence-electron chi connectivity index (χ2n) is 7.03. The Balaban J connectivity index is 1.85. The van der Waals surface area contributed by atoms with Gasteiger partial charge in [0.1, 0.15) is 0 Å². The fourth-order valence-electron chi connectivity index (χ4n) is 3.33. The van der Waals surface area contributed by atoms with E-state index in [9.17, 15) is 9.59 Å². The van der Waals surface area contributed by atoms with Crippen LogP contribution in [0.15, 0.2) is 35.5 Å². The summed E-state index contributed by atoms with van der Waals surface area (Å²) in [6.07, 6.45) is 0. The second kappa shape index (κ2) is 8.82. The lowest BCUT2D eigenvalue weighted by Gasteiger charge is -2.09. The number of ether oxygens (including phenoxy) is 1. The summed E-state index contributed by atoms with van der Waals surface area (Å²) in [5.74, 6) is 0.0600. The van der Waals surface area contributed by atoms with Crippen molar-refractivity contribution in [2.45, 2.75) is 46.3 Å². The summed E-state index contributed by atoms with van der Waals surface area (Å²) in [6.45, 7) is 10.9. The van der Waals surface area contributed by atoms with Gasteiger partial charge in [-0.05, 0) is 75.6 Å². The van der Waals surface area contributed by atoms with Crippen LogP contribution in [-0.2, 0) is 11.3 Å². The molecule has 5 nitrogen and oxygen atoms in total.